The Kier molecular flexibility index (Phi) is 3.81. The van der Waals surface area contributed by atoms with Gasteiger partial charge in [0.15, 0.2) is 0 Å². The first kappa shape index (κ1) is 14.0. The first-order valence-corrected chi connectivity index (χ1v) is 7.69. The molecule has 1 fully saturated rings. The fourth-order valence-corrected chi connectivity index (χ4v) is 2.94. The minimum Gasteiger partial charge on any atom is -0.337 e. The Morgan fingerprint density at radius 1 is 1.30 bits per heavy atom. The van der Waals surface area contributed by atoms with Gasteiger partial charge in [0.05, 0.1) is 13.1 Å². The lowest BCUT2D eigenvalue weighted by Gasteiger charge is -2.22. The Hall–Kier alpha value is -2.61. The van der Waals surface area contributed by atoms with E-state index in [0.29, 0.717) is 24.3 Å². The van der Waals surface area contributed by atoms with E-state index in [-0.39, 0.29) is 0 Å². The Morgan fingerprint density at radius 2 is 2.30 bits per heavy atom. The van der Waals surface area contributed by atoms with Gasteiger partial charge in [0.25, 0.3) is 0 Å². The van der Waals surface area contributed by atoms with Crippen LogP contribution in [0.25, 0.3) is 11.5 Å². The quantitative estimate of drug-likeness (QED) is 0.703. The van der Waals surface area contributed by atoms with Crippen LogP contribution in [-0.4, -0.2) is 47.4 Å². The van der Waals surface area contributed by atoms with Gasteiger partial charge in [-0.15, -0.1) is 0 Å². The number of rotatable bonds is 5. The van der Waals surface area contributed by atoms with E-state index in [9.17, 15) is 0 Å². The molecule has 3 aromatic heterocycles. The van der Waals surface area contributed by atoms with Gasteiger partial charge in [-0.25, -0.2) is 4.98 Å². The largest absolute Gasteiger partial charge is 0.337 e. The molecule has 4 rings (SSSR count). The number of nitrogens with zero attached hydrogens (tertiary/aromatic N) is 7. The van der Waals surface area contributed by atoms with E-state index in [1.807, 2.05) is 22.9 Å². The van der Waals surface area contributed by atoms with Crippen LogP contribution in [-0.2, 0) is 13.1 Å². The molecule has 1 aliphatic heterocycles. The average Bonchev–Trinajstić information content (AvgIpc) is 3.33. The lowest BCUT2D eigenvalue weighted by molar-refractivity contribution is 0.192. The van der Waals surface area contributed by atoms with Gasteiger partial charge in [0, 0.05) is 12.2 Å². The second-order valence-corrected chi connectivity index (χ2v) is 5.61. The lowest BCUT2D eigenvalue weighted by atomic mass is 10.2. The second-order valence-electron chi connectivity index (χ2n) is 5.61. The first-order valence-electron chi connectivity index (χ1n) is 7.69. The van der Waals surface area contributed by atoms with E-state index in [0.717, 1.165) is 25.2 Å². The van der Waals surface area contributed by atoms with Crippen LogP contribution in [0.3, 0.4) is 0 Å². The van der Waals surface area contributed by atoms with Crippen molar-refractivity contribution in [1.82, 2.24) is 34.8 Å². The summed E-state index contributed by atoms with van der Waals surface area (Å²) in [5.74, 6) is 1.16. The van der Waals surface area contributed by atoms with Crippen LogP contribution in [0.15, 0.2) is 41.6 Å². The summed E-state index contributed by atoms with van der Waals surface area (Å²) in [4.78, 5) is 15.1. The molecule has 0 aliphatic carbocycles. The summed E-state index contributed by atoms with van der Waals surface area (Å²) in [5.41, 5.74) is 0.725. The zero-order valence-corrected chi connectivity index (χ0v) is 12.6. The third kappa shape index (κ3) is 3.11. The summed E-state index contributed by atoms with van der Waals surface area (Å²) in [5, 5.41) is 8.21. The Morgan fingerprint density at radius 3 is 3.13 bits per heavy atom. The molecular weight excluding hydrogens is 294 g/mol. The van der Waals surface area contributed by atoms with Crippen LogP contribution in [0.1, 0.15) is 18.7 Å². The van der Waals surface area contributed by atoms with Gasteiger partial charge in [-0.05, 0) is 31.5 Å². The van der Waals surface area contributed by atoms with Crippen molar-refractivity contribution in [2.75, 3.05) is 6.54 Å². The molecule has 0 aromatic carbocycles. The molecule has 23 heavy (non-hydrogen) atoms. The molecule has 1 saturated heterocycles. The molecule has 0 spiro atoms. The summed E-state index contributed by atoms with van der Waals surface area (Å²) < 4.78 is 7.26. The Balaban J connectivity index is 1.44. The molecule has 0 bridgehead atoms. The maximum Gasteiger partial charge on any atom is 0.241 e. The maximum atomic E-state index is 5.39. The number of aromatic nitrogens is 6. The highest BCUT2D eigenvalue weighted by Crippen LogP contribution is 2.21. The summed E-state index contributed by atoms with van der Waals surface area (Å²) in [7, 11) is 0. The number of pyridine rings is 1. The number of hydrogen-bond donors (Lipinski definition) is 0. The molecule has 1 aliphatic rings. The zero-order chi connectivity index (χ0) is 15.5. The summed E-state index contributed by atoms with van der Waals surface area (Å²) >= 11 is 0. The van der Waals surface area contributed by atoms with Crippen molar-refractivity contribution in [3.05, 3.63) is 42.9 Å². The van der Waals surface area contributed by atoms with E-state index < -0.39 is 0 Å². The van der Waals surface area contributed by atoms with Crippen LogP contribution >= 0.6 is 0 Å². The SMILES string of the molecule is c1ccc(-c2noc(CN3CCC[C@H]3Cn3cncn3)n2)nc1. The average molecular weight is 311 g/mol. The van der Waals surface area contributed by atoms with Crippen LogP contribution in [0.4, 0.5) is 0 Å². The van der Waals surface area contributed by atoms with Crippen molar-refractivity contribution in [3.8, 4) is 11.5 Å². The fourth-order valence-electron chi connectivity index (χ4n) is 2.94. The molecule has 0 amide bonds. The van der Waals surface area contributed by atoms with Crippen LogP contribution in [0.2, 0.25) is 0 Å². The zero-order valence-electron chi connectivity index (χ0n) is 12.6. The lowest BCUT2D eigenvalue weighted by Crippen LogP contribution is -2.32. The molecule has 8 heteroatoms. The predicted molar refractivity (Wildman–Crippen MR) is 81.0 cm³/mol. The van der Waals surface area contributed by atoms with Gasteiger partial charge < -0.3 is 4.52 Å². The van der Waals surface area contributed by atoms with E-state index in [1.165, 1.54) is 6.42 Å². The van der Waals surface area contributed by atoms with E-state index >= 15 is 0 Å². The van der Waals surface area contributed by atoms with Crippen LogP contribution in [0, 0.1) is 0 Å². The van der Waals surface area contributed by atoms with Gasteiger partial charge in [-0.3, -0.25) is 14.6 Å². The predicted octanol–water partition coefficient (Wildman–Crippen LogP) is 1.39. The Bertz CT molecular complexity index is 740. The summed E-state index contributed by atoms with van der Waals surface area (Å²) in [6.45, 7) is 2.51. The van der Waals surface area contributed by atoms with Gasteiger partial charge in [-0.1, -0.05) is 11.2 Å². The maximum absolute atomic E-state index is 5.39. The topological polar surface area (TPSA) is 85.8 Å². The van der Waals surface area contributed by atoms with Gasteiger partial charge >= 0.3 is 0 Å². The molecule has 4 heterocycles. The second kappa shape index (κ2) is 6.25. The van der Waals surface area contributed by atoms with Crippen molar-refractivity contribution in [2.45, 2.75) is 32.0 Å². The smallest absolute Gasteiger partial charge is 0.241 e. The third-order valence-corrected chi connectivity index (χ3v) is 4.06. The van der Waals surface area contributed by atoms with Gasteiger partial charge in [0.1, 0.15) is 18.3 Å². The molecule has 0 saturated carbocycles. The van der Waals surface area contributed by atoms with Crippen molar-refractivity contribution >= 4 is 0 Å². The molecule has 8 nitrogen and oxygen atoms in total. The molecular formula is C15H17N7O. The molecule has 1 atom stereocenters. The normalized spacial score (nSPS) is 18.5. The third-order valence-electron chi connectivity index (χ3n) is 4.06. The molecule has 118 valence electrons. The monoisotopic (exact) mass is 311 g/mol. The van der Waals surface area contributed by atoms with Crippen molar-refractivity contribution < 1.29 is 4.52 Å². The van der Waals surface area contributed by atoms with Crippen molar-refractivity contribution in [3.63, 3.8) is 0 Å². The van der Waals surface area contributed by atoms with Gasteiger partial charge in [-0.2, -0.15) is 10.1 Å². The van der Waals surface area contributed by atoms with Crippen LogP contribution < -0.4 is 0 Å². The van der Waals surface area contributed by atoms with Crippen LogP contribution in [0.5, 0.6) is 0 Å². The molecule has 3 aromatic rings. The minimum absolute atomic E-state index is 0.418. The van der Waals surface area contributed by atoms with E-state index in [4.69, 9.17) is 4.52 Å². The standard InChI is InChI=1S/C15H17N7O/c1-2-6-17-13(5-1)15-19-14(23-20-15)9-21-7-3-4-12(21)8-22-11-16-10-18-22/h1-2,5-6,10-12H,3-4,7-9H2/t12-/m0/s1. The molecule has 0 unspecified atom stereocenters. The highest BCUT2D eigenvalue weighted by atomic mass is 16.5. The van der Waals surface area contributed by atoms with Crippen molar-refractivity contribution in [1.29, 1.82) is 0 Å². The highest BCUT2D eigenvalue weighted by Gasteiger charge is 2.27. The number of hydrogen-bond acceptors (Lipinski definition) is 7. The first-order chi connectivity index (χ1) is 11.4. The Labute approximate surface area is 133 Å². The van der Waals surface area contributed by atoms with Crippen molar-refractivity contribution in [2.24, 2.45) is 0 Å². The summed E-state index contributed by atoms with van der Waals surface area (Å²) in [6.07, 6.45) is 7.35. The minimum atomic E-state index is 0.418. The molecule has 0 N–H and O–H groups in total. The summed E-state index contributed by atoms with van der Waals surface area (Å²) in [6, 6.07) is 6.07. The van der Waals surface area contributed by atoms with E-state index in [1.54, 1.807) is 18.9 Å². The highest BCUT2D eigenvalue weighted by molar-refractivity contribution is 5.46. The van der Waals surface area contributed by atoms with E-state index in [2.05, 4.69) is 30.1 Å². The molecule has 0 radical (unpaired) electrons. The number of likely N-dealkylation sites (tertiary alicyclic amines) is 1. The van der Waals surface area contributed by atoms with Gasteiger partial charge in [0.2, 0.25) is 11.7 Å². The fraction of sp³-hybridized carbons (Fsp3) is 0.400.